The Morgan fingerprint density at radius 1 is 1.46 bits per heavy atom. The number of rotatable bonds is 4. The van der Waals surface area contributed by atoms with E-state index in [-0.39, 0.29) is 0 Å². The molecule has 1 atom stereocenters. The van der Waals surface area contributed by atoms with Gasteiger partial charge in [-0.15, -0.1) is 0 Å². The summed E-state index contributed by atoms with van der Waals surface area (Å²) < 4.78 is 5.11. The minimum absolute atomic E-state index is 0.324. The first kappa shape index (κ1) is 10.2. The highest BCUT2D eigenvalue weighted by Crippen LogP contribution is 2.15. The van der Waals surface area contributed by atoms with Crippen LogP contribution < -0.4 is 5.73 Å². The third-order valence-electron chi connectivity index (χ3n) is 2.17. The first-order valence-electron chi connectivity index (χ1n) is 4.53. The highest BCUT2D eigenvalue weighted by Gasteiger charge is 2.08. The van der Waals surface area contributed by atoms with Crippen LogP contribution in [0.4, 0.5) is 0 Å². The first-order chi connectivity index (χ1) is 6.27. The van der Waals surface area contributed by atoms with Gasteiger partial charge in [-0.2, -0.15) is 0 Å². The fourth-order valence-corrected chi connectivity index (χ4v) is 1.43. The molecule has 1 unspecified atom stereocenters. The van der Waals surface area contributed by atoms with Crippen molar-refractivity contribution in [3.8, 4) is 0 Å². The van der Waals surface area contributed by atoms with Crippen LogP contribution >= 0.6 is 0 Å². The van der Waals surface area contributed by atoms with Crippen LogP contribution in [0.1, 0.15) is 17.0 Å². The molecular weight excluding hydrogens is 162 g/mol. The topological polar surface area (TPSA) is 35.2 Å². The molecule has 2 N–H and O–H groups in total. The summed E-state index contributed by atoms with van der Waals surface area (Å²) in [5, 5.41) is 0. The molecule has 72 valence electrons. The van der Waals surface area contributed by atoms with Gasteiger partial charge in [0.05, 0.1) is 6.61 Å². The minimum Gasteiger partial charge on any atom is -0.384 e. The Morgan fingerprint density at radius 3 is 2.77 bits per heavy atom. The molecule has 2 heteroatoms. The quantitative estimate of drug-likeness (QED) is 0.763. The van der Waals surface area contributed by atoms with Crippen LogP contribution in [0, 0.1) is 6.92 Å². The van der Waals surface area contributed by atoms with Gasteiger partial charge in [0.25, 0.3) is 0 Å². The van der Waals surface area contributed by atoms with Gasteiger partial charge in [-0.05, 0) is 12.5 Å². The monoisotopic (exact) mass is 179 g/mol. The molecule has 1 aromatic rings. The smallest absolute Gasteiger partial charge is 0.0543 e. The Labute approximate surface area is 79.7 Å². The maximum absolute atomic E-state index is 5.66. The molecule has 0 amide bonds. The van der Waals surface area contributed by atoms with E-state index in [1.54, 1.807) is 7.11 Å². The second-order valence-corrected chi connectivity index (χ2v) is 3.30. The summed E-state index contributed by atoms with van der Waals surface area (Å²) in [7, 11) is 1.71. The lowest BCUT2D eigenvalue weighted by Gasteiger charge is -2.14. The van der Waals surface area contributed by atoms with E-state index < -0.39 is 0 Å². The molecule has 0 radical (unpaired) electrons. The van der Waals surface area contributed by atoms with E-state index >= 15 is 0 Å². The van der Waals surface area contributed by atoms with E-state index in [0.717, 1.165) is 0 Å². The lowest BCUT2D eigenvalue weighted by Crippen LogP contribution is -2.17. The summed E-state index contributed by atoms with van der Waals surface area (Å²) in [6.45, 7) is 3.42. The highest BCUT2D eigenvalue weighted by molar-refractivity contribution is 5.25. The molecule has 2 nitrogen and oxygen atoms in total. The Morgan fingerprint density at radius 2 is 2.23 bits per heavy atom. The predicted molar refractivity (Wildman–Crippen MR) is 54.9 cm³/mol. The summed E-state index contributed by atoms with van der Waals surface area (Å²) in [6.07, 6.45) is 0. The van der Waals surface area contributed by atoms with Crippen LogP contribution in [0.5, 0.6) is 0 Å². The fraction of sp³-hybridized carbons (Fsp3) is 0.455. The van der Waals surface area contributed by atoms with E-state index in [1.807, 2.05) is 0 Å². The Kier molecular flexibility index (Phi) is 3.93. The number of hydrogen-bond donors (Lipinski definition) is 1. The second-order valence-electron chi connectivity index (χ2n) is 3.30. The van der Waals surface area contributed by atoms with Gasteiger partial charge in [0.1, 0.15) is 0 Å². The van der Waals surface area contributed by atoms with Gasteiger partial charge in [0.15, 0.2) is 0 Å². The van der Waals surface area contributed by atoms with Gasteiger partial charge in [0, 0.05) is 19.6 Å². The third kappa shape index (κ3) is 2.83. The zero-order valence-corrected chi connectivity index (χ0v) is 8.29. The van der Waals surface area contributed by atoms with Crippen molar-refractivity contribution in [1.82, 2.24) is 0 Å². The number of nitrogens with two attached hydrogens (primary N) is 1. The van der Waals surface area contributed by atoms with Crippen LogP contribution in [-0.4, -0.2) is 20.3 Å². The number of ether oxygens (including phenoxy) is 1. The molecule has 0 spiro atoms. The summed E-state index contributed by atoms with van der Waals surface area (Å²) in [6, 6.07) is 8.41. The molecule has 0 aliphatic heterocycles. The third-order valence-corrected chi connectivity index (χ3v) is 2.17. The van der Waals surface area contributed by atoms with Gasteiger partial charge in [-0.25, -0.2) is 0 Å². The molecule has 0 saturated heterocycles. The summed E-state index contributed by atoms with van der Waals surface area (Å²) in [5.41, 5.74) is 8.20. The molecule has 0 heterocycles. The molecular formula is C11H17NO. The van der Waals surface area contributed by atoms with Crippen LogP contribution in [0.15, 0.2) is 24.3 Å². The van der Waals surface area contributed by atoms with E-state index in [4.69, 9.17) is 10.5 Å². The van der Waals surface area contributed by atoms with Crippen molar-refractivity contribution in [2.24, 2.45) is 5.73 Å². The number of hydrogen-bond acceptors (Lipinski definition) is 2. The van der Waals surface area contributed by atoms with Crippen molar-refractivity contribution in [3.63, 3.8) is 0 Å². The molecule has 0 aliphatic carbocycles. The van der Waals surface area contributed by atoms with Crippen molar-refractivity contribution < 1.29 is 4.74 Å². The summed E-state index contributed by atoms with van der Waals surface area (Å²) >= 11 is 0. The van der Waals surface area contributed by atoms with E-state index in [1.165, 1.54) is 11.1 Å². The highest BCUT2D eigenvalue weighted by atomic mass is 16.5. The minimum atomic E-state index is 0.324. The predicted octanol–water partition coefficient (Wildman–Crippen LogP) is 1.68. The summed E-state index contributed by atoms with van der Waals surface area (Å²) in [5.74, 6) is 0.324. The molecule has 1 rings (SSSR count). The standard InChI is InChI=1S/C11H17NO/c1-9-4-3-5-10(6-9)11(7-12)8-13-2/h3-6,11H,7-8,12H2,1-2H3. The average molecular weight is 179 g/mol. The van der Waals surface area contributed by atoms with Crippen LogP contribution in [0.25, 0.3) is 0 Å². The Balaban J connectivity index is 2.78. The van der Waals surface area contributed by atoms with Gasteiger partial charge in [-0.1, -0.05) is 29.8 Å². The molecule has 0 aliphatic rings. The largest absolute Gasteiger partial charge is 0.384 e. The average Bonchev–Trinajstić information content (AvgIpc) is 2.14. The number of aryl methyl sites for hydroxylation is 1. The lowest BCUT2D eigenvalue weighted by atomic mass is 9.98. The normalized spacial score (nSPS) is 12.8. The Bertz CT molecular complexity index is 260. The van der Waals surface area contributed by atoms with Gasteiger partial charge >= 0.3 is 0 Å². The van der Waals surface area contributed by atoms with Crippen molar-refractivity contribution >= 4 is 0 Å². The fourth-order valence-electron chi connectivity index (χ4n) is 1.43. The maximum atomic E-state index is 5.66. The zero-order chi connectivity index (χ0) is 9.68. The molecule has 0 saturated carbocycles. The van der Waals surface area contributed by atoms with Crippen LogP contribution in [0.3, 0.4) is 0 Å². The van der Waals surface area contributed by atoms with Crippen molar-refractivity contribution in [3.05, 3.63) is 35.4 Å². The maximum Gasteiger partial charge on any atom is 0.0543 e. The van der Waals surface area contributed by atoms with Crippen LogP contribution in [-0.2, 0) is 4.74 Å². The second kappa shape index (κ2) is 5.00. The SMILES string of the molecule is COCC(CN)c1cccc(C)c1. The zero-order valence-electron chi connectivity index (χ0n) is 8.29. The number of methoxy groups -OCH3 is 1. The molecule has 1 aromatic carbocycles. The van der Waals surface area contributed by atoms with Crippen molar-refractivity contribution in [2.75, 3.05) is 20.3 Å². The summed E-state index contributed by atoms with van der Waals surface area (Å²) in [4.78, 5) is 0. The molecule has 0 bridgehead atoms. The Hall–Kier alpha value is -0.860. The van der Waals surface area contributed by atoms with Gasteiger partial charge in [-0.3, -0.25) is 0 Å². The molecule has 13 heavy (non-hydrogen) atoms. The molecule has 0 aromatic heterocycles. The van der Waals surface area contributed by atoms with Crippen molar-refractivity contribution in [2.45, 2.75) is 12.8 Å². The number of benzene rings is 1. The lowest BCUT2D eigenvalue weighted by molar-refractivity contribution is 0.181. The first-order valence-corrected chi connectivity index (χ1v) is 4.53. The van der Waals surface area contributed by atoms with Gasteiger partial charge in [0.2, 0.25) is 0 Å². The molecule has 0 fully saturated rings. The van der Waals surface area contributed by atoms with Gasteiger partial charge < -0.3 is 10.5 Å². The van der Waals surface area contributed by atoms with Crippen LogP contribution in [0.2, 0.25) is 0 Å². The van der Waals surface area contributed by atoms with E-state index in [9.17, 15) is 0 Å². The van der Waals surface area contributed by atoms with E-state index in [2.05, 4.69) is 31.2 Å². The van der Waals surface area contributed by atoms with E-state index in [0.29, 0.717) is 19.1 Å². The van der Waals surface area contributed by atoms with Crippen molar-refractivity contribution in [1.29, 1.82) is 0 Å².